The molecule has 6 aromatic rings. The highest BCUT2D eigenvalue weighted by Crippen LogP contribution is 2.34. The SMILES string of the molecule is COc1ccc(CN(c2ccccc2)c2cc(NC3CCC(N)CC3)nn3c(C(=O)Nc4cccc(-c5noc(C(C)C)n5)c4)cnc23)cc1. The first kappa shape index (κ1) is 32.8. The molecule has 3 heterocycles. The largest absolute Gasteiger partial charge is 0.497 e. The number of benzene rings is 3. The van der Waals surface area contributed by atoms with Gasteiger partial charge in [-0.1, -0.05) is 61.5 Å². The Morgan fingerprint density at radius 2 is 1.80 bits per heavy atom. The van der Waals surface area contributed by atoms with Crippen LogP contribution in [0.3, 0.4) is 0 Å². The number of fused-ring (bicyclic) bond motifs is 1. The highest BCUT2D eigenvalue weighted by molar-refractivity contribution is 6.04. The van der Waals surface area contributed by atoms with E-state index in [0.717, 1.165) is 53.9 Å². The molecule has 3 aromatic carbocycles. The maximum atomic E-state index is 13.9. The van der Waals surface area contributed by atoms with Gasteiger partial charge in [-0.3, -0.25) is 4.79 Å². The van der Waals surface area contributed by atoms with E-state index < -0.39 is 0 Å². The van der Waals surface area contributed by atoms with Crippen LogP contribution < -0.4 is 26.0 Å². The normalized spacial score (nSPS) is 16.0. The average molecular weight is 672 g/mol. The van der Waals surface area contributed by atoms with Crippen molar-refractivity contribution in [2.24, 2.45) is 5.73 Å². The number of aromatic nitrogens is 5. The summed E-state index contributed by atoms with van der Waals surface area (Å²) in [7, 11) is 1.66. The van der Waals surface area contributed by atoms with E-state index in [1.807, 2.05) is 86.6 Å². The van der Waals surface area contributed by atoms with Gasteiger partial charge in [0.25, 0.3) is 5.91 Å². The fourth-order valence-corrected chi connectivity index (χ4v) is 6.20. The number of carbonyl (C=O) groups excluding carboxylic acids is 1. The van der Waals surface area contributed by atoms with Crippen molar-refractivity contribution in [3.8, 4) is 17.1 Å². The Kier molecular flexibility index (Phi) is 9.43. The van der Waals surface area contributed by atoms with Crippen molar-refractivity contribution < 1.29 is 14.1 Å². The second kappa shape index (κ2) is 14.4. The molecule has 0 unspecified atom stereocenters. The fraction of sp³-hybridized carbons (Fsp3) is 0.289. The summed E-state index contributed by atoms with van der Waals surface area (Å²) in [5.41, 5.74) is 11.2. The first-order valence-corrected chi connectivity index (χ1v) is 17.0. The van der Waals surface area contributed by atoms with Crippen molar-refractivity contribution >= 4 is 34.4 Å². The predicted molar refractivity (Wildman–Crippen MR) is 194 cm³/mol. The van der Waals surface area contributed by atoms with Crippen molar-refractivity contribution in [1.82, 2.24) is 24.7 Å². The van der Waals surface area contributed by atoms with Gasteiger partial charge in [0.15, 0.2) is 11.3 Å². The van der Waals surface area contributed by atoms with Crippen LogP contribution in [0.25, 0.3) is 17.0 Å². The standard InChI is InChI=1S/C38H41N9O3/c1-24(2)38-43-35(45-50-38)26-8-7-9-29(20-26)42-37(48)33-22-40-36-32(21-34(44-47(33)36)41-28-16-14-27(39)15-17-28)46(30-10-5-4-6-11-30)23-25-12-18-31(49-3)19-13-25/h4-13,18-22,24,27-28H,14-17,23,39H2,1-3H3,(H,41,44)(H,42,48). The zero-order valence-corrected chi connectivity index (χ0v) is 28.4. The van der Waals surface area contributed by atoms with Crippen LogP contribution in [0.1, 0.15) is 67.4 Å². The highest BCUT2D eigenvalue weighted by atomic mass is 16.5. The minimum atomic E-state index is -0.355. The molecule has 1 aliphatic rings. The van der Waals surface area contributed by atoms with Crippen LogP contribution >= 0.6 is 0 Å². The number of ether oxygens (including phenoxy) is 1. The minimum Gasteiger partial charge on any atom is -0.497 e. The highest BCUT2D eigenvalue weighted by Gasteiger charge is 2.24. The van der Waals surface area contributed by atoms with Crippen LogP contribution in [-0.2, 0) is 6.54 Å². The van der Waals surface area contributed by atoms with Gasteiger partial charge < -0.3 is 30.5 Å². The Hall–Kier alpha value is -5.75. The Labute approximate surface area is 290 Å². The summed E-state index contributed by atoms with van der Waals surface area (Å²) in [5.74, 6) is 2.21. The van der Waals surface area contributed by atoms with Crippen LogP contribution in [0, 0.1) is 0 Å². The van der Waals surface area contributed by atoms with Gasteiger partial charge in [-0.25, -0.2) is 9.50 Å². The molecule has 0 bridgehead atoms. The summed E-state index contributed by atoms with van der Waals surface area (Å²) in [4.78, 5) is 25.4. The number of para-hydroxylation sites is 1. The summed E-state index contributed by atoms with van der Waals surface area (Å²) in [6.45, 7) is 4.53. The molecule has 12 nitrogen and oxygen atoms in total. The number of hydrogen-bond acceptors (Lipinski definition) is 10. The van der Waals surface area contributed by atoms with E-state index in [0.29, 0.717) is 41.1 Å². The van der Waals surface area contributed by atoms with Crippen molar-refractivity contribution in [2.45, 2.75) is 64.1 Å². The van der Waals surface area contributed by atoms with Gasteiger partial charge in [0.05, 0.1) is 19.0 Å². The maximum Gasteiger partial charge on any atom is 0.276 e. The van der Waals surface area contributed by atoms with Crippen LogP contribution in [-0.4, -0.2) is 49.8 Å². The molecule has 1 fully saturated rings. The lowest BCUT2D eigenvalue weighted by atomic mass is 9.92. The van der Waals surface area contributed by atoms with Crippen LogP contribution in [0.2, 0.25) is 0 Å². The third kappa shape index (κ3) is 7.15. The monoisotopic (exact) mass is 671 g/mol. The smallest absolute Gasteiger partial charge is 0.276 e. The van der Waals surface area contributed by atoms with Crippen LogP contribution in [0.5, 0.6) is 5.75 Å². The molecule has 3 aromatic heterocycles. The van der Waals surface area contributed by atoms with E-state index in [1.165, 1.54) is 0 Å². The number of amides is 1. The van der Waals surface area contributed by atoms with Crippen molar-refractivity contribution in [1.29, 1.82) is 0 Å². The number of nitrogens with two attached hydrogens (primary N) is 1. The van der Waals surface area contributed by atoms with Crippen molar-refractivity contribution in [3.63, 3.8) is 0 Å². The lowest BCUT2D eigenvalue weighted by Gasteiger charge is -2.29. The molecule has 1 aliphatic carbocycles. The number of anilines is 4. The molecule has 0 saturated heterocycles. The maximum absolute atomic E-state index is 13.9. The summed E-state index contributed by atoms with van der Waals surface area (Å²) in [6.07, 6.45) is 5.34. The fourth-order valence-electron chi connectivity index (χ4n) is 6.20. The molecule has 1 amide bonds. The zero-order valence-electron chi connectivity index (χ0n) is 28.4. The van der Waals surface area contributed by atoms with E-state index in [2.05, 4.69) is 37.8 Å². The molecule has 7 rings (SSSR count). The second-order valence-electron chi connectivity index (χ2n) is 13.0. The molecule has 1 saturated carbocycles. The molecule has 0 aliphatic heterocycles. The van der Waals surface area contributed by atoms with Crippen molar-refractivity contribution in [3.05, 3.63) is 108 Å². The van der Waals surface area contributed by atoms with Gasteiger partial charge in [0.1, 0.15) is 11.6 Å². The minimum absolute atomic E-state index is 0.107. The van der Waals surface area contributed by atoms with E-state index in [1.54, 1.807) is 17.8 Å². The molecule has 50 heavy (non-hydrogen) atoms. The van der Waals surface area contributed by atoms with Gasteiger partial charge in [-0.2, -0.15) is 4.98 Å². The molecule has 4 N–H and O–H groups in total. The van der Waals surface area contributed by atoms with E-state index in [4.69, 9.17) is 25.1 Å². The van der Waals surface area contributed by atoms with Crippen LogP contribution in [0.15, 0.2) is 95.6 Å². The third-order valence-electron chi connectivity index (χ3n) is 8.98. The number of imidazole rings is 1. The van der Waals surface area contributed by atoms with E-state index >= 15 is 0 Å². The molecule has 256 valence electrons. The number of rotatable bonds is 11. The number of nitrogens with zero attached hydrogens (tertiary/aromatic N) is 6. The first-order valence-electron chi connectivity index (χ1n) is 17.0. The van der Waals surface area contributed by atoms with Gasteiger partial charge >= 0.3 is 0 Å². The summed E-state index contributed by atoms with van der Waals surface area (Å²) in [5, 5.41) is 15.7. The predicted octanol–water partition coefficient (Wildman–Crippen LogP) is 7.18. The Balaban J connectivity index is 1.26. The summed E-state index contributed by atoms with van der Waals surface area (Å²) >= 11 is 0. The quantitative estimate of drug-likeness (QED) is 0.129. The van der Waals surface area contributed by atoms with E-state index in [-0.39, 0.29) is 23.9 Å². The average Bonchev–Trinajstić information content (AvgIpc) is 3.81. The number of hydrogen-bond donors (Lipinski definition) is 3. The van der Waals surface area contributed by atoms with Gasteiger partial charge in [-0.05, 0) is 67.6 Å². The zero-order chi connectivity index (χ0) is 34.6. The Morgan fingerprint density at radius 1 is 1.02 bits per heavy atom. The van der Waals surface area contributed by atoms with Gasteiger partial charge in [-0.15, -0.1) is 5.10 Å². The van der Waals surface area contributed by atoms with E-state index in [9.17, 15) is 4.79 Å². The summed E-state index contributed by atoms with van der Waals surface area (Å²) < 4.78 is 12.4. The topological polar surface area (TPSA) is 149 Å². The molecular weight excluding hydrogens is 630 g/mol. The molecule has 0 radical (unpaired) electrons. The number of methoxy groups -OCH3 is 1. The first-order chi connectivity index (χ1) is 24.3. The molecule has 0 spiro atoms. The number of carbonyl (C=O) groups is 1. The lowest BCUT2D eigenvalue weighted by molar-refractivity contribution is 0.102. The summed E-state index contributed by atoms with van der Waals surface area (Å²) in [6, 6.07) is 28.0. The molecular formula is C38H41N9O3. The van der Waals surface area contributed by atoms with Crippen LogP contribution in [0.4, 0.5) is 22.9 Å². The third-order valence-corrected chi connectivity index (χ3v) is 8.98. The molecule has 12 heteroatoms. The van der Waals surface area contributed by atoms with Gasteiger partial charge in [0, 0.05) is 47.6 Å². The lowest BCUT2D eigenvalue weighted by Crippen LogP contribution is -2.33. The Bertz CT molecular complexity index is 2070. The number of nitrogens with one attached hydrogen (secondary N) is 2. The molecule has 0 atom stereocenters. The Morgan fingerprint density at radius 3 is 2.52 bits per heavy atom. The second-order valence-corrected chi connectivity index (χ2v) is 13.0. The van der Waals surface area contributed by atoms with Crippen molar-refractivity contribution in [2.75, 3.05) is 22.6 Å². The van der Waals surface area contributed by atoms with Gasteiger partial charge in [0.2, 0.25) is 11.7 Å².